The summed E-state index contributed by atoms with van der Waals surface area (Å²) in [7, 11) is 0. The minimum absolute atomic E-state index is 0.258. The number of hydrogen-bond donors (Lipinski definition) is 2. The average Bonchev–Trinajstić information content (AvgIpc) is 2.59. The highest BCUT2D eigenvalue weighted by Crippen LogP contribution is 2.06. The van der Waals surface area contributed by atoms with Crippen LogP contribution in [0.2, 0.25) is 0 Å². The molecule has 3 heteroatoms. The summed E-state index contributed by atoms with van der Waals surface area (Å²) in [5.74, 6) is 11.8. The highest BCUT2D eigenvalue weighted by atomic mass is 16.3. The van der Waals surface area contributed by atoms with Crippen LogP contribution in [0.1, 0.15) is 78.6 Å². The van der Waals surface area contributed by atoms with Crippen molar-refractivity contribution in [1.29, 1.82) is 0 Å². The smallest absolute Gasteiger partial charge is 0.248 e. The molecule has 0 bridgehead atoms. The molecular formula is C22H35NO2. The van der Waals surface area contributed by atoms with Crippen molar-refractivity contribution in [2.24, 2.45) is 5.92 Å². The monoisotopic (exact) mass is 345 g/mol. The lowest BCUT2D eigenvalue weighted by molar-refractivity contribution is -0.129. The van der Waals surface area contributed by atoms with Crippen LogP contribution in [0, 0.1) is 29.6 Å². The summed E-state index contributed by atoms with van der Waals surface area (Å²) in [6, 6.07) is 0. The third-order valence-corrected chi connectivity index (χ3v) is 3.67. The first-order valence-corrected chi connectivity index (χ1v) is 9.67. The summed E-state index contributed by atoms with van der Waals surface area (Å²) in [4.78, 5) is 11.6. The number of carbonyl (C=O) groups is 1. The predicted octanol–water partition coefficient (Wildman–Crippen LogP) is 4.21. The van der Waals surface area contributed by atoms with Crippen molar-refractivity contribution in [3.05, 3.63) is 12.2 Å². The van der Waals surface area contributed by atoms with E-state index in [2.05, 4.69) is 42.0 Å². The van der Waals surface area contributed by atoms with Crippen LogP contribution in [0.4, 0.5) is 0 Å². The lowest BCUT2D eigenvalue weighted by Gasteiger charge is -2.12. The van der Waals surface area contributed by atoms with Gasteiger partial charge in [-0.2, -0.15) is 0 Å². The topological polar surface area (TPSA) is 49.3 Å². The van der Waals surface area contributed by atoms with Gasteiger partial charge in [0, 0.05) is 13.0 Å². The Morgan fingerprint density at radius 1 is 1.12 bits per heavy atom. The van der Waals surface area contributed by atoms with Crippen molar-refractivity contribution in [1.82, 2.24) is 5.32 Å². The molecule has 0 heterocycles. The second kappa shape index (κ2) is 17.1. The first kappa shape index (κ1) is 23.3. The Bertz CT molecular complexity index is 486. The third-order valence-electron chi connectivity index (χ3n) is 3.67. The molecule has 140 valence electrons. The number of aliphatic hydroxyl groups excluding tert-OH is 1. The van der Waals surface area contributed by atoms with Crippen molar-refractivity contribution in [2.75, 3.05) is 6.54 Å². The first-order valence-electron chi connectivity index (χ1n) is 9.67. The first-order chi connectivity index (χ1) is 12.1. The van der Waals surface area contributed by atoms with Crippen LogP contribution < -0.4 is 5.32 Å². The predicted molar refractivity (Wildman–Crippen MR) is 106 cm³/mol. The molecule has 3 nitrogen and oxygen atoms in total. The van der Waals surface area contributed by atoms with Gasteiger partial charge in [-0.15, -0.1) is 0 Å². The van der Waals surface area contributed by atoms with E-state index in [1.165, 1.54) is 19.3 Å². The molecule has 1 amide bonds. The van der Waals surface area contributed by atoms with Crippen molar-refractivity contribution >= 4 is 5.91 Å². The van der Waals surface area contributed by atoms with Gasteiger partial charge in [-0.1, -0.05) is 64.4 Å². The highest BCUT2D eigenvalue weighted by Gasteiger charge is 2.13. The number of rotatable bonds is 12. The van der Waals surface area contributed by atoms with E-state index in [0.29, 0.717) is 18.9 Å². The zero-order valence-electron chi connectivity index (χ0n) is 16.2. The molecule has 0 aliphatic heterocycles. The molecule has 1 atom stereocenters. The molecule has 0 radical (unpaired) electrons. The van der Waals surface area contributed by atoms with E-state index in [-0.39, 0.29) is 5.91 Å². The molecule has 0 aromatic heterocycles. The molecule has 2 N–H and O–H groups in total. The van der Waals surface area contributed by atoms with Crippen LogP contribution in [0.15, 0.2) is 12.2 Å². The molecule has 0 saturated carbocycles. The largest absolute Gasteiger partial charge is 0.383 e. The number of hydrogen-bond acceptors (Lipinski definition) is 2. The molecule has 0 rings (SSSR count). The SMILES string of the molecule is CCCCC/C=C\C#CC#CCCCCCC(O)C(=O)NCC(C)C. The molecule has 0 aliphatic rings. The Balaban J connectivity index is 3.63. The summed E-state index contributed by atoms with van der Waals surface area (Å²) in [6.07, 6.45) is 12.0. The highest BCUT2D eigenvalue weighted by molar-refractivity contribution is 5.80. The van der Waals surface area contributed by atoms with E-state index in [1.54, 1.807) is 0 Å². The summed E-state index contributed by atoms with van der Waals surface area (Å²) in [6.45, 7) is 6.87. The van der Waals surface area contributed by atoms with E-state index in [4.69, 9.17) is 0 Å². The number of allylic oxidation sites excluding steroid dienone is 2. The van der Waals surface area contributed by atoms with E-state index in [9.17, 15) is 9.90 Å². The Morgan fingerprint density at radius 2 is 1.92 bits per heavy atom. The Labute approximate surface area is 154 Å². The van der Waals surface area contributed by atoms with Crippen LogP contribution in [-0.4, -0.2) is 23.7 Å². The van der Waals surface area contributed by atoms with Gasteiger partial charge in [0.15, 0.2) is 0 Å². The quantitative estimate of drug-likeness (QED) is 0.411. The van der Waals surface area contributed by atoms with Gasteiger partial charge in [-0.05, 0) is 49.5 Å². The van der Waals surface area contributed by atoms with Crippen molar-refractivity contribution in [3.8, 4) is 23.7 Å². The number of unbranched alkanes of at least 4 members (excludes halogenated alkanes) is 6. The van der Waals surface area contributed by atoms with Gasteiger partial charge >= 0.3 is 0 Å². The maximum absolute atomic E-state index is 11.6. The Kier molecular flexibility index (Phi) is 16.0. The summed E-state index contributed by atoms with van der Waals surface area (Å²) >= 11 is 0. The fourth-order valence-corrected chi connectivity index (χ4v) is 2.12. The van der Waals surface area contributed by atoms with E-state index in [1.807, 2.05) is 19.9 Å². The van der Waals surface area contributed by atoms with Crippen LogP contribution in [0.25, 0.3) is 0 Å². The molecule has 1 unspecified atom stereocenters. The van der Waals surface area contributed by atoms with Gasteiger partial charge in [0.1, 0.15) is 6.10 Å². The van der Waals surface area contributed by atoms with Crippen molar-refractivity contribution in [3.63, 3.8) is 0 Å². The molecule has 0 aliphatic carbocycles. The number of amides is 1. The van der Waals surface area contributed by atoms with Crippen LogP contribution in [0.3, 0.4) is 0 Å². The van der Waals surface area contributed by atoms with Crippen LogP contribution in [-0.2, 0) is 4.79 Å². The number of aliphatic hydroxyl groups is 1. The van der Waals surface area contributed by atoms with Crippen molar-refractivity contribution in [2.45, 2.75) is 84.7 Å². The van der Waals surface area contributed by atoms with E-state index in [0.717, 1.165) is 32.1 Å². The lowest BCUT2D eigenvalue weighted by Crippen LogP contribution is -2.36. The van der Waals surface area contributed by atoms with Gasteiger partial charge < -0.3 is 10.4 Å². The van der Waals surface area contributed by atoms with Crippen LogP contribution >= 0.6 is 0 Å². The molecule has 0 spiro atoms. The molecule has 25 heavy (non-hydrogen) atoms. The lowest BCUT2D eigenvalue weighted by atomic mass is 10.1. The maximum atomic E-state index is 11.6. The minimum Gasteiger partial charge on any atom is -0.383 e. The van der Waals surface area contributed by atoms with Crippen molar-refractivity contribution < 1.29 is 9.90 Å². The third kappa shape index (κ3) is 16.9. The minimum atomic E-state index is -0.889. The zero-order chi connectivity index (χ0) is 18.8. The van der Waals surface area contributed by atoms with E-state index < -0.39 is 6.10 Å². The van der Waals surface area contributed by atoms with Gasteiger partial charge in [0.25, 0.3) is 0 Å². The number of carbonyl (C=O) groups excluding carboxylic acids is 1. The fraction of sp³-hybridized carbons (Fsp3) is 0.682. The van der Waals surface area contributed by atoms with Gasteiger partial charge in [-0.25, -0.2) is 0 Å². The molecule has 0 saturated heterocycles. The standard InChI is InChI=1S/C22H35NO2/c1-4-5-6-7-8-9-10-11-12-13-14-15-16-17-18-21(24)22(25)23-19-20(2)3/h8-9,20-21,24H,4-7,14-19H2,1-3H3,(H,23,25)/b9-8-. The molecule has 0 aromatic carbocycles. The van der Waals surface area contributed by atoms with Crippen LogP contribution in [0.5, 0.6) is 0 Å². The molecule has 0 fully saturated rings. The van der Waals surface area contributed by atoms with E-state index >= 15 is 0 Å². The van der Waals surface area contributed by atoms with Gasteiger partial charge in [0.05, 0.1) is 0 Å². The molecular weight excluding hydrogens is 310 g/mol. The average molecular weight is 346 g/mol. The summed E-state index contributed by atoms with van der Waals surface area (Å²) in [5.41, 5.74) is 0. The fourth-order valence-electron chi connectivity index (χ4n) is 2.12. The zero-order valence-corrected chi connectivity index (χ0v) is 16.2. The number of nitrogens with one attached hydrogen (secondary N) is 1. The summed E-state index contributed by atoms with van der Waals surface area (Å²) in [5, 5.41) is 12.5. The normalized spacial score (nSPS) is 11.6. The van der Waals surface area contributed by atoms with Gasteiger partial charge in [0.2, 0.25) is 5.91 Å². The second-order valence-corrected chi connectivity index (χ2v) is 6.72. The summed E-state index contributed by atoms with van der Waals surface area (Å²) < 4.78 is 0. The second-order valence-electron chi connectivity index (χ2n) is 6.72. The van der Waals surface area contributed by atoms with Gasteiger partial charge in [-0.3, -0.25) is 4.79 Å². The Morgan fingerprint density at radius 3 is 2.64 bits per heavy atom. The Hall–Kier alpha value is -1.71. The molecule has 0 aromatic rings. The maximum Gasteiger partial charge on any atom is 0.248 e.